The lowest BCUT2D eigenvalue weighted by Gasteiger charge is -2.21. The SMILES string of the molecule is Cc1ccc(C(C)C)c(OCC(N)C2CCCC2)c1. The van der Waals surface area contributed by atoms with Crippen LogP contribution in [0.1, 0.15) is 56.6 Å². The van der Waals surface area contributed by atoms with Crippen LogP contribution < -0.4 is 10.5 Å². The molecule has 0 amide bonds. The van der Waals surface area contributed by atoms with Gasteiger partial charge in [0.05, 0.1) is 0 Å². The maximum absolute atomic E-state index is 6.27. The summed E-state index contributed by atoms with van der Waals surface area (Å²) in [4.78, 5) is 0. The summed E-state index contributed by atoms with van der Waals surface area (Å²) < 4.78 is 6.03. The molecule has 0 aromatic heterocycles. The van der Waals surface area contributed by atoms with E-state index in [1.165, 1.54) is 36.8 Å². The number of nitrogens with two attached hydrogens (primary N) is 1. The summed E-state index contributed by atoms with van der Waals surface area (Å²) in [5, 5.41) is 0. The zero-order chi connectivity index (χ0) is 13.8. The van der Waals surface area contributed by atoms with E-state index in [0.29, 0.717) is 18.4 Å². The maximum Gasteiger partial charge on any atom is 0.123 e. The number of benzene rings is 1. The van der Waals surface area contributed by atoms with Crippen LogP contribution in [0.2, 0.25) is 0 Å². The van der Waals surface area contributed by atoms with Crippen LogP contribution in [0, 0.1) is 12.8 Å². The predicted molar refractivity (Wildman–Crippen MR) is 80.7 cm³/mol. The average Bonchev–Trinajstić information content (AvgIpc) is 2.89. The third-order valence-corrected chi connectivity index (χ3v) is 4.23. The van der Waals surface area contributed by atoms with Gasteiger partial charge in [0.1, 0.15) is 12.4 Å². The number of hydrogen-bond acceptors (Lipinski definition) is 2. The molecular weight excluding hydrogens is 234 g/mol. The first-order chi connectivity index (χ1) is 9.08. The second-order valence-electron chi connectivity index (χ2n) is 6.22. The van der Waals surface area contributed by atoms with Crippen molar-refractivity contribution in [3.05, 3.63) is 29.3 Å². The van der Waals surface area contributed by atoms with Gasteiger partial charge in [-0.2, -0.15) is 0 Å². The Morgan fingerprint density at radius 1 is 1.26 bits per heavy atom. The van der Waals surface area contributed by atoms with Gasteiger partial charge in [-0.25, -0.2) is 0 Å². The molecule has 1 saturated carbocycles. The minimum absolute atomic E-state index is 0.183. The van der Waals surface area contributed by atoms with Gasteiger partial charge in [-0.1, -0.05) is 38.8 Å². The molecule has 0 heterocycles. The molecule has 1 aromatic carbocycles. The lowest BCUT2D eigenvalue weighted by atomic mass is 9.99. The third kappa shape index (κ3) is 3.73. The van der Waals surface area contributed by atoms with Gasteiger partial charge in [0.2, 0.25) is 0 Å². The van der Waals surface area contributed by atoms with E-state index < -0.39 is 0 Å². The summed E-state index contributed by atoms with van der Waals surface area (Å²) in [6.45, 7) is 7.16. The first-order valence-corrected chi connectivity index (χ1v) is 7.57. The minimum atomic E-state index is 0.183. The highest BCUT2D eigenvalue weighted by atomic mass is 16.5. The molecule has 0 spiro atoms. The average molecular weight is 261 g/mol. The Kier molecular flexibility index (Phi) is 4.87. The summed E-state index contributed by atoms with van der Waals surface area (Å²) in [5.74, 6) is 2.16. The topological polar surface area (TPSA) is 35.2 Å². The minimum Gasteiger partial charge on any atom is -0.492 e. The van der Waals surface area contributed by atoms with E-state index in [9.17, 15) is 0 Å². The second kappa shape index (κ2) is 6.42. The molecule has 2 N–H and O–H groups in total. The fourth-order valence-electron chi connectivity index (χ4n) is 2.95. The van der Waals surface area contributed by atoms with E-state index in [1.54, 1.807) is 0 Å². The van der Waals surface area contributed by atoms with Crippen LogP contribution in [0.3, 0.4) is 0 Å². The van der Waals surface area contributed by atoms with Crippen LogP contribution in [-0.4, -0.2) is 12.6 Å². The number of hydrogen-bond donors (Lipinski definition) is 1. The number of aryl methyl sites for hydroxylation is 1. The Labute approximate surface area is 117 Å². The van der Waals surface area contributed by atoms with Gasteiger partial charge in [-0.05, 0) is 48.8 Å². The van der Waals surface area contributed by atoms with Gasteiger partial charge in [0.15, 0.2) is 0 Å². The van der Waals surface area contributed by atoms with Crippen molar-refractivity contribution < 1.29 is 4.74 Å². The van der Waals surface area contributed by atoms with E-state index in [0.717, 1.165) is 5.75 Å². The van der Waals surface area contributed by atoms with Gasteiger partial charge < -0.3 is 10.5 Å². The molecule has 0 radical (unpaired) electrons. The highest BCUT2D eigenvalue weighted by Crippen LogP contribution is 2.30. The molecule has 1 aromatic rings. The third-order valence-electron chi connectivity index (χ3n) is 4.23. The van der Waals surface area contributed by atoms with Crippen molar-refractivity contribution in [2.75, 3.05) is 6.61 Å². The number of ether oxygens (including phenoxy) is 1. The molecule has 1 aliphatic carbocycles. The highest BCUT2D eigenvalue weighted by Gasteiger charge is 2.22. The molecule has 1 atom stereocenters. The Balaban J connectivity index is 1.99. The molecule has 0 bridgehead atoms. The molecule has 1 aliphatic rings. The van der Waals surface area contributed by atoms with Crippen molar-refractivity contribution in [1.29, 1.82) is 0 Å². The summed E-state index contributed by atoms with van der Waals surface area (Å²) >= 11 is 0. The molecule has 2 nitrogen and oxygen atoms in total. The predicted octanol–water partition coefficient (Wildman–Crippen LogP) is 4.01. The van der Waals surface area contributed by atoms with Crippen LogP contribution in [-0.2, 0) is 0 Å². The molecule has 106 valence electrons. The summed E-state index contributed by atoms with van der Waals surface area (Å²) in [6.07, 6.45) is 5.21. The van der Waals surface area contributed by atoms with Crippen LogP contribution in [0.5, 0.6) is 5.75 Å². The van der Waals surface area contributed by atoms with Gasteiger partial charge in [0.25, 0.3) is 0 Å². The van der Waals surface area contributed by atoms with E-state index >= 15 is 0 Å². The van der Waals surface area contributed by atoms with Gasteiger partial charge >= 0.3 is 0 Å². The van der Waals surface area contributed by atoms with Crippen LogP contribution in [0.25, 0.3) is 0 Å². The normalized spacial score (nSPS) is 17.9. The van der Waals surface area contributed by atoms with E-state index in [-0.39, 0.29) is 6.04 Å². The van der Waals surface area contributed by atoms with Crippen molar-refractivity contribution in [2.45, 2.75) is 58.4 Å². The Hall–Kier alpha value is -1.02. The van der Waals surface area contributed by atoms with Crippen molar-refractivity contribution in [3.8, 4) is 5.75 Å². The van der Waals surface area contributed by atoms with E-state index in [2.05, 4.69) is 39.0 Å². The molecule has 2 heteroatoms. The fourth-order valence-corrected chi connectivity index (χ4v) is 2.95. The molecule has 1 fully saturated rings. The zero-order valence-electron chi connectivity index (χ0n) is 12.5. The smallest absolute Gasteiger partial charge is 0.123 e. The molecule has 0 aliphatic heterocycles. The lowest BCUT2D eigenvalue weighted by Crippen LogP contribution is -2.34. The number of rotatable bonds is 5. The van der Waals surface area contributed by atoms with Crippen LogP contribution >= 0.6 is 0 Å². The Morgan fingerprint density at radius 2 is 1.95 bits per heavy atom. The summed E-state index contributed by atoms with van der Waals surface area (Å²) in [7, 11) is 0. The van der Waals surface area contributed by atoms with Crippen molar-refractivity contribution in [1.82, 2.24) is 0 Å². The van der Waals surface area contributed by atoms with E-state index in [4.69, 9.17) is 10.5 Å². The molecule has 0 saturated heterocycles. The second-order valence-corrected chi connectivity index (χ2v) is 6.22. The Morgan fingerprint density at radius 3 is 2.58 bits per heavy atom. The monoisotopic (exact) mass is 261 g/mol. The summed E-state index contributed by atoms with van der Waals surface area (Å²) in [5.41, 5.74) is 8.79. The van der Waals surface area contributed by atoms with Crippen molar-refractivity contribution >= 4 is 0 Å². The summed E-state index contributed by atoms with van der Waals surface area (Å²) in [6, 6.07) is 6.65. The van der Waals surface area contributed by atoms with Crippen molar-refractivity contribution in [3.63, 3.8) is 0 Å². The quantitative estimate of drug-likeness (QED) is 0.869. The zero-order valence-corrected chi connectivity index (χ0v) is 12.5. The van der Waals surface area contributed by atoms with Crippen molar-refractivity contribution in [2.24, 2.45) is 11.7 Å². The van der Waals surface area contributed by atoms with Crippen LogP contribution in [0.15, 0.2) is 18.2 Å². The van der Waals surface area contributed by atoms with Gasteiger partial charge in [0, 0.05) is 6.04 Å². The highest BCUT2D eigenvalue weighted by molar-refractivity contribution is 5.39. The van der Waals surface area contributed by atoms with Gasteiger partial charge in [-0.3, -0.25) is 0 Å². The van der Waals surface area contributed by atoms with Crippen LogP contribution in [0.4, 0.5) is 0 Å². The molecule has 1 unspecified atom stereocenters. The molecular formula is C17H27NO. The first-order valence-electron chi connectivity index (χ1n) is 7.57. The Bertz CT molecular complexity index is 408. The standard InChI is InChI=1S/C17H27NO/c1-12(2)15-9-8-13(3)10-17(15)19-11-16(18)14-6-4-5-7-14/h8-10,12,14,16H,4-7,11,18H2,1-3H3. The lowest BCUT2D eigenvalue weighted by molar-refractivity contribution is 0.244. The molecule has 19 heavy (non-hydrogen) atoms. The molecule has 2 rings (SSSR count). The van der Waals surface area contributed by atoms with E-state index in [1.807, 2.05) is 0 Å². The fraction of sp³-hybridized carbons (Fsp3) is 0.647. The maximum atomic E-state index is 6.27. The largest absolute Gasteiger partial charge is 0.492 e. The first kappa shape index (κ1) is 14.4. The van der Waals surface area contributed by atoms with Gasteiger partial charge in [-0.15, -0.1) is 0 Å².